The molecule has 1 aliphatic heterocycles. The number of thioether (sulfide) groups is 1. The van der Waals surface area contributed by atoms with Crippen LogP contribution < -0.4 is 9.47 Å². The molecule has 1 fully saturated rings. The Morgan fingerprint density at radius 2 is 1.75 bits per heavy atom. The van der Waals surface area contributed by atoms with Gasteiger partial charge in [-0.15, -0.1) is 0 Å². The summed E-state index contributed by atoms with van der Waals surface area (Å²) in [5.74, 6) is -1.30. The number of rotatable bonds is 7. The van der Waals surface area contributed by atoms with Crippen molar-refractivity contribution >= 4 is 51.7 Å². The number of methoxy groups -OCH3 is 1. The molecule has 36 heavy (non-hydrogen) atoms. The van der Waals surface area contributed by atoms with E-state index in [0.717, 1.165) is 27.4 Å². The van der Waals surface area contributed by atoms with E-state index >= 15 is 0 Å². The minimum absolute atomic E-state index is 0.153. The number of nitrogens with zero attached hydrogens (tertiary/aromatic N) is 1. The summed E-state index contributed by atoms with van der Waals surface area (Å²) in [6, 6.07) is 17.7. The zero-order chi connectivity index (χ0) is 25.8. The van der Waals surface area contributed by atoms with Crippen molar-refractivity contribution < 1.29 is 33.4 Å². The van der Waals surface area contributed by atoms with Gasteiger partial charge in [0, 0.05) is 0 Å². The van der Waals surface area contributed by atoms with Crippen LogP contribution in [0.2, 0.25) is 0 Å². The number of benzene rings is 3. The molecule has 1 saturated heterocycles. The number of imide groups is 1. The molecule has 1 heterocycles. The lowest BCUT2D eigenvalue weighted by molar-refractivity contribution is -0.149. The Balaban J connectivity index is 1.53. The molecule has 8 nitrogen and oxygen atoms in total. The van der Waals surface area contributed by atoms with E-state index in [-0.39, 0.29) is 22.5 Å². The minimum atomic E-state index is -0.660. The maximum absolute atomic E-state index is 12.9. The number of ether oxygens (including phenoxy) is 3. The van der Waals surface area contributed by atoms with Gasteiger partial charge in [0.15, 0.2) is 11.5 Å². The molecule has 2 amide bonds. The van der Waals surface area contributed by atoms with Gasteiger partial charge in [-0.1, -0.05) is 42.5 Å². The number of hydrogen-bond acceptors (Lipinski definition) is 8. The van der Waals surface area contributed by atoms with Gasteiger partial charge in [0.2, 0.25) is 0 Å². The van der Waals surface area contributed by atoms with Gasteiger partial charge in [0.05, 0.1) is 23.7 Å². The monoisotopic (exact) mass is 505 g/mol. The third-order valence-corrected chi connectivity index (χ3v) is 6.13. The third kappa shape index (κ3) is 5.41. The molecule has 4 rings (SSSR count). The smallest absolute Gasteiger partial charge is 0.344 e. The van der Waals surface area contributed by atoms with E-state index in [9.17, 15) is 19.2 Å². The van der Waals surface area contributed by atoms with E-state index in [4.69, 9.17) is 14.2 Å². The van der Waals surface area contributed by atoms with Crippen molar-refractivity contribution in [2.24, 2.45) is 0 Å². The fourth-order valence-electron chi connectivity index (χ4n) is 3.63. The largest absolute Gasteiger partial charge is 0.493 e. The number of amides is 2. The highest BCUT2D eigenvalue weighted by Crippen LogP contribution is 2.35. The van der Waals surface area contributed by atoms with Crippen molar-refractivity contribution in [3.63, 3.8) is 0 Å². The van der Waals surface area contributed by atoms with Crippen LogP contribution in [0, 0.1) is 0 Å². The Labute approximate surface area is 211 Å². The predicted octanol–water partition coefficient (Wildman–Crippen LogP) is 5.06. The maximum atomic E-state index is 12.9. The molecule has 0 aliphatic carbocycles. The van der Waals surface area contributed by atoms with Gasteiger partial charge in [-0.2, -0.15) is 0 Å². The SMILES string of the molecule is COc1cc(/C=C2\SC(=O)N(CC(=O)OC(C)C)C2=O)ccc1OC(=O)c1cccc2ccccc12. The normalized spacial score (nSPS) is 14.6. The first-order valence-electron chi connectivity index (χ1n) is 11.1. The van der Waals surface area contributed by atoms with Crippen LogP contribution in [-0.2, 0) is 14.3 Å². The molecule has 0 unspecified atom stereocenters. The molecule has 0 N–H and O–H groups in total. The Hall–Kier alpha value is -4.11. The predicted molar refractivity (Wildman–Crippen MR) is 136 cm³/mol. The molecule has 0 aromatic heterocycles. The van der Waals surface area contributed by atoms with E-state index in [2.05, 4.69) is 0 Å². The van der Waals surface area contributed by atoms with Crippen LogP contribution in [0.4, 0.5) is 4.79 Å². The summed E-state index contributed by atoms with van der Waals surface area (Å²) in [7, 11) is 1.43. The standard InChI is InChI=1S/C27H23NO7S/c1-16(2)34-24(29)15-28-25(30)23(36-27(28)32)14-17-11-12-21(22(13-17)33-3)35-26(31)20-10-6-8-18-7-4-5-9-19(18)20/h4-14,16H,15H2,1-3H3/b23-14-. The van der Waals surface area contributed by atoms with Gasteiger partial charge in [-0.25, -0.2) is 4.79 Å². The van der Waals surface area contributed by atoms with Gasteiger partial charge in [0.25, 0.3) is 11.1 Å². The summed E-state index contributed by atoms with van der Waals surface area (Å²) in [6.07, 6.45) is 1.16. The van der Waals surface area contributed by atoms with Gasteiger partial charge in [-0.3, -0.25) is 19.3 Å². The number of carbonyl (C=O) groups is 4. The van der Waals surface area contributed by atoms with E-state index < -0.39 is 29.6 Å². The first-order chi connectivity index (χ1) is 17.3. The Morgan fingerprint density at radius 3 is 2.50 bits per heavy atom. The average Bonchev–Trinajstić information content (AvgIpc) is 3.11. The van der Waals surface area contributed by atoms with Crippen molar-refractivity contribution in [2.45, 2.75) is 20.0 Å². The molecule has 0 atom stereocenters. The number of carbonyl (C=O) groups excluding carboxylic acids is 4. The van der Waals surface area contributed by atoms with Gasteiger partial charge in [-0.05, 0) is 66.2 Å². The summed E-state index contributed by atoms with van der Waals surface area (Å²) in [4.78, 5) is 50.8. The summed E-state index contributed by atoms with van der Waals surface area (Å²) >= 11 is 0.729. The van der Waals surface area contributed by atoms with Crippen molar-refractivity contribution in [3.05, 3.63) is 76.7 Å². The van der Waals surface area contributed by atoms with Crippen molar-refractivity contribution in [1.82, 2.24) is 4.90 Å². The molecule has 184 valence electrons. The highest BCUT2D eigenvalue weighted by Gasteiger charge is 2.36. The fraction of sp³-hybridized carbons (Fsp3) is 0.185. The van der Waals surface area contributed by atoms with Gasteiger partial charge >= 0.3 is 11.9 Å². The molecule has 1 aliphatic rings. The molecule has 3 aromatic carbocycles. The Kier molecular flexibility index (Phi) is 7.40. The van der Waals surface area contributed by atoms with Crippen LogP contribution in [0.25, 0.3) is 16.8 Å². The fourth-order valence-corrected chi connectivity index (χ4v) is 4.47. The Morgan fingerprint density at radius 1 is 1.00 bits per heavy atom. The van der Waals surface area contributed by atoms with Gasteiger partial charge < -0.3 is 14.2 Å². The molecular formula is C27H23NO7S. The quantitative estimate of drug-likeness (QED) is 0.250. The summed E-state index contributed by atoms with van der Waals surface area (Å²) in [6.45, 7) is 2.91. The third-order valence-electron chi connectivity index (χ3n) is 5.23. The lowest BCUT2D eigenvalue weighted by atomic mass is 10.0. The Bertz CT molecular complexity index is 1390. The molecule has 3 aromatic rings. The average molecular weight is 506 g/mol. The van der Waals surface area contributed by atoms with Crippen LogP contribution in [-0.4, -0.2) is 47.7 Å². The first-order valence-corrected chi connectivity index (χ1v) is 11.9. The number of hydrogen-bond donors (Lipinski definition) is 0. The van der Waals surface area contributed by atoms with E-state index in [1.165, 1.54) is 13.2 Å². The highest BCUT2D eigenvalue weighted by molar-refractivity contribution is 8.18. The highest BCUT2D eigenvalue weighted by atomic mass is 32.2. The summed E-state index contributed by atoms with van der Waals surface area (Å²) < 4.78 is 16.0. The summed E-state index contributed by atoms with van der Waals surface area (Å²) in [5, 5.41) is 1.13. The topological polar surface area (TPSA) is 99.2 Å². The lowest BCUT2D eigenvalue weighted by Crippen LogP contribution is -2.35. The first kappa shape index (κ1) is 25.0. The molecular weight excluding hydrogens is 482 g/mol. The molecule has 0 saturated carbocycles. The van der Waals surface area contributed by atoms with Crippen molar-refractivity contribution in [3.8, 4) is 11.5 Å². The van der Waals surface area contributed by atoms with Crippen molar-refractivity contribution in [1.29, 1.82) is 0 Å². The number of esters is 2. The van der Waals surface area contributed by atoms with Crippen LogP contribution in [0.5, 0.6) is 11.5 Å². The zero-order valence-electron chi connectivity index (χ0n) is 19.8. The molecule has 0 spiro atoms. The van der Waals surface area contributed by atoms with Crippen LogP contribution in [0.15, 0.2) is 65.6 Å². The molecule has 0 bridgehead atoms. The second kappa shape index (κ2) is 10.7. The van der Waals surface area contributed by atoms with E-state index in [0.29, 0.717) is 11.1 Å². The van der Waals surface area contributed by atoms with E-state index in [1.807, 2.05) is 30.3 Å². The molecule has 0 radical (unpaired) electrons. The summed E-state index contributed by atoms with van der Waals surface area (Å²) in [5.41, 5.74) is 0.968. The minimum Gasteiger partial charge on any atom is -0.493 e. The second-order valence-electron chi connectivity index (χ2n) is 8.13. The molecule has 9 heteroatoms. The zero-order valence-corrected chi connectivity index (χ0v) is 20.7. The van der Waals surface area contributed by atoms with Crippen LogP contribution in [0.1, 0.15) is 29.8 Å². The van der Waals surface area contributed by atoms with E-state index in [1.54, 1.807) is 44.2 Å². The number of fused-ring (bicyclic) bond motifs is 1. The van der Waals surface area contributed by atoms with Crippen molar-refractivity contribution in [2.75, 3.05) is 13.7 Å². The van der Waals surface area contributed by atoms with Gasteiger partial charge in [0.1, 0.15) is 6.54 Å². The second-order valence-corrected chi connectivity index (χ2v) is 9.13. The van der Waals surface area contributed by atoms with Crippen LogP contribution in [0.3, 0.4) is 0 Å². The van der Waals surface area contributed by atoms with Crippen LogP contribution >= 0.6 is 11.8 Å². The maximum Gasteiger partial charge on any atom is 0.344 e. The lowest BCUT2D eigenvalue weighted by Gasteiger charge is -2.13.